The molecule has 0 bridgehead atoms. The number of piperidine rings is 1. The standard InChI is InChI=1S/C37H45NO4/c1-41-32-16-17-34(29-12-10-28(11-13-29)27-6-3-2-4-7-27)36(23-32)38-20-18-26(19-21-38)25-42-33-9-5-8-31(22-33)35(24-37(39)40)30-14-15-30/h5,8-13,16-17,22-23,26-27,30,35H,2-4,6-7,14-15,18-21,24-25H2,1H3,(H,39,40). The molecule has 2 saturated carbocycles. The molecule has 1 atom stereocenters. The first-order valence-corrected chi connectivity index (χ1v) is 16.0. The lowest BCUT2D eigenvalue weighted by Gasteiger charge is -2.35. The van der Waals surface area contributed by atoms with Gasteiger partial charge in [0.2, 0.25) is 0 Å². The SMILES string of the molecule is COc1ccc(-c2ccc(C3CCCCC3)cc2)c(N2CCC(COc3cccc(C(CC(=O)O)C4CC4)c3)CC2)c1. The number of benzene rings is 3. The summed E-state index contributed by atoms with van der Waals surface area (Å²) in [5.41, 5.74) is 6.37. The molecule has 0 aromatic heterocycles. The third-order valence-corrected chi connectivity index (χ3v) is 9.82. The summed E-state index contributed by atoms with van der Waals surface area (Å²) in [4.78, 5) is 13.9. The molecule has 0 spiro atoms. The molecule has 1 heterocycles. The van der Waals surface area contributed by atoms with Crippen LogP contribution >= 0.6 is 0 Å². The molecular weight excluding hydrogens is 522 g/mol. The van der Waals surface area contributed by atoms with Crippen LogP contribution in [0.5, 0.6) is 11.5 Å². The summed E-state index contributed by atoms with van der Waals surface area (Å²) in [5.74, 6) is 2.83. The Morgan fingerprint density at radius 2 is 1.64 bits per heavy atom. The van der Waals surface area contributed by atoms with Gasteiger partial charge in [-0.3, -0.25) is 4.79 Å². The van der Waals surface area contributed by atoms with Crippen LogP contribution in [0, 0.1) is 11.8 Å². The van der Waals surface area contributed by atoms with Crippen molar-refractivity contribution in [2.45, 2.75) is 76.0 Å². The third-order valence-electron chi connectivity index (χ3n) is 9.82. The zero-order chi connectivity index (χ0) is 28.9. The molecule has 3 aromatic rings. The van der Waals surface area contributed by atoms with Crippen LogP contribution in [0.1, 0.15) is 87.2 Å². The van der Waals surface area contributed by atoms with Crippen molar-refractivity contribution in [2.75, 3.05) is 31.7 Å². The Hall–Kier alpha value is -3.47. The van der Waals surface area contributed by atoms with Gasteiger partial charge in [0.1, 0.15) is 11.5 Å². The first-order chi connectivity index (χ1) is 20.6. The van der Waals surface area contributed by atoms with Gasteiger partial charge in [0.05, 0.1) is 20.1 Å². The Labute approximate surface area is 250 Å². The van der Waals surface area contributed by atoms with Crippen LogP contribution < -0.4 is 14.4 Å². The Morgan fingerprint density at radius 1 is 0.881 bits per heavy atom. The second kappa shape index (κ2) is 13.2. The molecule has 1 unspecified atom stereocenters. The highest BCUT2D eigenvalue weighted by Crippen LogP contribution is 2.45. The molecular formula is C37H45NO4. The van der Waals surface area contributed by atoms with Gasteiger partial charge in [0, 0.05) is 30.4 Å². The first-order valence-electron chi connectivity index (χ1n) is 16.0. The fourth-order valence-corrected chi connectivity index (χ4v) is 7.15. The lowest BCUT2D eigenvalue weighted by molar-refractivity contribution is -0.137. The van der Waals surface area contributed by atoms with E-state index in [1.165, 1.54) is 54.5 Å². The van der Waals surface area contributed by atoms with Crippen molar-refractivity contribution in [1.29, 1.82) is 0 Å². The summed E-state index contributed by atoms with van der Waals surface area (Å²) in [6.45, 7) is 2.66. The molecule has 3 fully saturated rings. The van der Waals surface area contributed by atoms with E-state index < -0.39 is 5.97 Å². The second-order valence-electron chi connectivity index (χ2n) is 12.7. The lowest BCUT2D eigenvalue weighted by Crippen LogP contribution is -2.35. The van der Waals surface area contributed by atoms with E-state index in [0.717, 1.165) is 61.8 Å². The molecule has 6 rings (SSSR count). The second-order valence-corrected chi connectivity index (χ2v) is 12.7. The fourth-order valence-electron chi connectivity index (χ4n) is 7.15. The van der Waals surface area contributed by atoms with Gasteiger partial charge in [-0.2, -0.15) is 0 Å². The third kappa shape index (κ3) is 6.94. The number of carboxylic acids is 1. The van der Waals surface area contributed by atoms with E-state index in [0.29, 0.717) is 18.4 Å². The van der Waals surface area contributed by atoms with Crippen LogP contribution in [0.2, 0.25) is 0 Å². The van der Waals surface area contributed by atoms with Crippen molar-refractivity contribution >= 4 is 11.7 Å². The van der Waals surface area contributed by atoms with E-state index in [1.807, 2.05) is 12.1 Å². The van der Waals surface area contributed by atoms with Crippen molar-refractivity contribution in [2.24, 2.45) is 11.8 Å². The van der Waals surface area contributed by atoms with Crippen LogP contribution in [0.15, 0.2) is 66.7 Å². The number of ether oxygens (including phenoxy) is 2. The zero-order valence-corrected chi connectivity index (χ0v) is 25.0. The number of methoxy groups -OCH3 is 1. The van der Waals surface area contributed by atoms with E-state index in [9.17, 15) is 9.90 Å². The van der Waals surface area contributed by atoms with Gasteiger partial charge >= 0.3 is 5.97 Å². The molecule has 1 aliphatic heterocycles. The maximum Gasteiger partial charge on any atom is 0.303 e. The van der Waals surface area contributed by atoms with Gasteiger partial charge in [-0.15, -0.1) is 0 Å². The molecule has 5 nitrogen and oxygen atoms in total. The largest absolute Gasteiger partial charge is 0.497 e. The predicted octanol–water partition coefficient (Wildman–Crippen LogP) is 8.67. The molecule has 5 heteroatoms. The lowest BCUT2D eigenvalue weighted by atomic mass is 9.83. The van der Waals surface area contributed by atoms with Crippen molar-refractivity contribution in [3.8, 4) is 22.6 Å². The maximum absolute atomic E-state index is 11.4. The van der Waals surface area contributed by atoms with Gasteiger partial charge < -0.3 is 19.5 Å². The van der Waals surface area contributed by atoms with Crippen molar-refractivity contribution < 1.29 is 19.4 Å². The Kier molecular flexibility index (Phi) is 9.02. The number of nitrogens with zero attached hydrogens (tertiary/aromatic N) is 1. The number of carboxylic acid groups (broad SMARTS) is 1. The summed E-state index contributed by atoms with van der Waals surface area (Å²) in [5, 5.41) is 9.40. The maximum atomic E-state index is 11.4. The summed E-state index contributed by atoms with van der Waals surface area (Å²) in [6.07, 6.45) is 11.3. The number of aliphatic carboxylic acids is 1. The molecule has 3 aliphatic rings. The normalized spacial score (nSPS) is 18.9. The smallest absolute Gasteiger partial charge is 0.303 e. The molecule has 1 saturated heterocycles. The van der Waals surface area contributed by atoms with Gasteiger partial charge in [-0.05, 0) is 103 Å². The Bertz CT molecular complexity index is 1330. The number of anilines is 1. The molecule has 0 radical (unpaired) electrons. The number of hydrogen-bond donors (Lipinski definition) is 1. The van der Waals surface area contributed by atoms with Gasteiger partial charge in [0.15, 0.2) is 0 Å². The average Bonchev–Trinajstić information content (AvgIpc) is 3.89. The van der Waals surface area contributed by atoms with Crippen molar-refractivity contribution in [1.82, 2.24) is 0 Å². The predicted molar refractivity (Wildman–Crippen MR) is 169 cm³/mol. The number of carbonyl (C=O) groups is 1. The van der Waals surface area contributed by atoms with Crippen LogP contribution in [0.4, 0.5) is 5.69 Å². The average molecular weight is 568 g/mol. The minimum atomic E-state index is -0.722. The molecule has 222 valence electrons. The highest BCUT2D eigenvalue weighted by molar-refractivity contribution is 5.80. The van der Waals surface area contributed by atoms with Crippen LogP contribution in [0.25, 0.3) is 11.1 Å². The molecule has 42 heavy (non-hydrogen) atoms. The summed E-state index contributed by atoms with van der Waals surface area (Å²) in [6, 6.07) is 24.0. The molecule has 0 amide bonds. The topological polar surface area (TPSA) is 59.0 Å². The van der Waals surface area contributed by atoms with Gasteiger partial charge in [0.25, 0.3) is 0 Å². The van der Waals surface area contributed by atoms with Crippen LogP contribution in [0.3, 0.4) is 0 Å². The molecule has 1 N–H and O–H groups in total. The summed E-state index contributed by atoms with van der Waals surface area (Å²) >= 11 is 0. The van der Waals surface area contributed by atoms with E-state index >= 15 is 0 Å². The highest BCUT2D eigenvalue weighted by Gasteiger charge is 2.34. The minimum absolute atomic E-state index is 0.0924. The Morgan fingerprint density at radius 3 is 2.33 bits per heavy atom. The van der Waals surface area contributed by atoms with Crippen molar-refractivity contribution in [3.63, 3.8) is 0 Å². The Balaban J connectivity index is 1.09. The minimum Gasteiger partial charge on any atom is -0.497 e. The van der Waals surface area contributed by atoms with E-state index in [4.69, 9.17) is 9.47 Å². The summed E-state index contributed by atoms with van der Waals surface area (Å²) < 4.78 is 11.9. The molecule has 2 aliphatic carbocycles. The monoisotopic (exact) mass is 567 g/mol. The van der Waals surface area contributed by atoms with E-state index in [2.05, 4.69) is 59.5 Å². The van der Waals surface area contributed by atoms with Gasteiger partial charge in [-0.1, -0.05) is 55.7 Å². The first kappa shape index (κ1) is 28.6. The molecule has 3 aromatic carbocycles. The fraction of sp³-hybridized carbons (Fsp3) is 0.486. The van der Waals surface area contributed by atoms with E-state index in [-0.39, 0.29) is 12.3 Å². The quantitative estimate of drug-likeness (QED) is 0.251. The van der Waals surface area contributed by atoms with E-state index in [1.54, 1.807) is 7.11 Å². The summed E-state index contributed by atoms with van der Waals surface area (Å²) in [7, 11) is 1.74. The zero-order valence-electron chi connectivity index (χ0n) is 25.0. The van der Waals surface area contributed by atoms with Crippen LogP contribution in [-0.4, -0.2) is 37.9 Å². The highest BCUT2D eigenvalue weighted by atomic mass is 16.5. The number of rotatable bonds is 11. The number of hydrogen-bond acceptors (Lipinski definition) is 4. The van der Waals surface area contributed by atoms with Crippen molar-refractivity contribution in [3.05, 3.63) is 77.9 Å². The van der Waals surface area contributed by atoms with Gasteiger partial charge in [-0.25, -0.2) is 0 Å². The van der Waals surface area contributed by atoms with Crippen LogP contribution in [-0.2, 0) is 4.79 Å².